The Bertz CT molecular complexity index is 615. The first-order valence-corrected chi connectivity index (χ1v) is 9.81. The van der Waals surface area contributed by atoms with Gasteiger partial charge in [0.15, 0.2) is 0 Å². The molecule has 1 aromatic rings. The number of aromatic nitrogens is 2. The number of piperazine rings is 1. The lowest BCUT2D eigenvalue weighted by molar-refractivity contribution is -0.138. The molecule has 27 heavy (non-hydrogen) atoms. The Morgan fingerprint density at radius 2 is 1.93 bits per heavy atom. The SMILES string of the molecule is CCNc1ncc(CN2CCN(C)C3(CCN(C(=O)COC)CC3)C2)cn1. The maximum Gasteiger partial charge on any atom is 0.248 e. The topological polar surface area (TPSA) is 73.8 Å². The van der Waals surface area contributed by atoms with Crippen molar-refractivity contribution in [2.45, 2.75) is 31.8 Å². The molecule has 8 nitrogen and oxygen atoms in total. The van der Waals surface area contributed by atoms with Gasteiger partial charge in [-0.15, -0.1) is 0 Å². The average molecular weight is 377 g/mol. The van der Waals surface area contributed by atoms with Crippen LogP contribution in [0.25, 0.3) is 0 Å². The van der Waals surface area contributed by atoms with Crippen LogP contribution in [0.5, 0.6) is 0 Å². The number of rotatable bonds is 6. The molecule has 2 fully saturated rings. The van der Waals surface area contributed by atoms with Gasteiger partial charge in [0, 0.05) is 76.4 Å². The maximum absolute atomic E-state index is 12.1. The molecule has 8 heteroatoms. The minimum atomic E-state index is 0.0978. The zero-order chi connectivity index (χ0) is 19.3. The summed E-state index contributed by atoms with van der Waals surface area (Å²) >= 11 is 0. The smallest absolute Gasteiger partial charge is 0.248 e. The van der Waals surface area contributed by atoms with Crippen molar-refractivity contribution in [3.8, 4) is 0 Å². The maximum atomic E-state index is 12.1. The third-order valence-corrected chi connectivity index (χ3v) is 5.84. The molecule has 0 bridgehead atoms. The Hall–Kier alpha value is -1.77. The van der Waals surface area contributed by atoms with E-state index in [4.69, 9.17) is 4.74 Å². The molecule has 150 valence electrons. The summed E-state index contributed by atoms with van der Waals surface area (Å²) < 4.78 is 5.00. The van der Waals surface area contributed by atoms with Crippen LogP contribution < -0.4 is 5.32 Å². The van der Waals surface area contributed by atoms with Crippen LogP contribution in [-0.2, 0) is 16.1 Å². The molecule has 3 heterocycles. The van der Waals surface area contributed by atoms with Crippen molar-refractivity contribution in [1.82, 2.24) is 24.7 Å². The number of likely N-dealkylation sites (tertiary alicyclic amines) is 1. The second-order valence-corrected chi connectivity index (χ2v) is 7.62. The summed E-state index contributed by atoms with van der Waals surface area (Å²) in [5, 5.41) is 3.13. The third-order valence-electron chi connectivity index (χ3n) is 5.84. The number of methoxy groups -OCH3 is 1. The molecule has 2 aliphatic heterocycles. The van der Waals surface area contributed by atoms with Crippen LogP contribution in [0.1, 0.15) is 25.3 Å². The minimum Gasteiger partial charge on any atom is -0.375 e. The molecule has 0 aliphatic carbocycles. The molecular weight excluding hydrogens is 344 g/mol. The third kappa shape index (κ3) is 4.75. The van der Waals surface area contributed by atoms with E-state index in [0.29, 0.717) is 5.95 Å². The van der Waals surface area contributed by atoms with Crippen molar-refractivity contribution in [3.05, 3.63) is 18.0 Å². The summed E-state index contributed by atoms with van der Waals surface area (Å²) in [6.45, 7) is 8.62. The van der Waals surface area contributed by atoms with Crippen molar-refractivity contribution in [1.29, 1.82) is 0 Å². The van der Waals surface area contributed by atoms with Crippen molar-refractivity contribution in [3.63, 3.8) is 0 Å². The zero-order valence-corrected chi connectivity index (χ0v) is 16.8. The highest BCUT2D eigenvalue weighted by molar-refractivity contribution is 5.77. The summed E-state index contributed by atoms with van der Waals surface area (Å²) in [6.07, 6.45) is 5.85. The van der Waals surface area contributed by atoms with E-state index in [2.05, 4.69) is 32.1 Å². The van der Waals surface area contributed by atoms with Gasteiger partial charge in [0.1, 0.15) is 6.61 Å². The van der Waals surface area contributed by atoms with Gasteiger partial charge in [-0.3, -0.25) is 14.6 Å². The van der Waals surface area contributed by atoms with E-state index in [0.717, 1.165) is 64.2 Å². The molecule has 1 N–H and O–H groups in total. The Morgan fingerprint density at radius 1 is 1.22 bits per heavy atom. The monoisotopic (exact) mass is 376 g/mol. The van der Waals surface area contributed by atoms with Gasteiger partial charge >= 0.3 is 0 Å². The van der Waals surface area contributed by atoms with E-state index in [9.17, 15) is 4.79 Å². The molecule has 0 unspecified atom stereocenters. The number of nitrogens with zero attached hydrogens (tertiary/aromatic N) is 5. The van der Waals surface area contributed by atoms with Gasteiger partial charge in [0.05, 0.1) is 0 Å². The van der Waals surface area contributed by atoms with Gasteiger partial charge in [-0.1, -0.05) is 0 Å². The number of anilines is 1. The minimum absolute atomic E-state index is 0.0978. The fraction of sp³-hybridized carbons (Fsp3) is 0.737. The second kappa shape index (κ2) is 8.95. The number of hydrogen-bond donors (Lipinski definition) is 1. The second-order valence-electron chi connectivity index (χ2n) is 7.62. The van der Waals surface area contributed by atoms with E-state index < -0.39 is 0 Å². The lowest BCUT2D eigenvalue weighted by Crippen LogP contribution is -2.64. The molecule has 1 aromatic heterocycles. The van der Waals surface area contributed by atoms with E-state index in [1.165, 1.54) is 0 Å². The molecule has 0 radical (unpaired) electrons. The van der Waals surface area contributed by atoms with Crippen LogP contribution in [0.15, 0.2) is 12.4 Å². The predicted molar refractivity (Wildman–Crippen MR) is 105 cm³/mol. The van der Waals surface area contributed by atoms with Gasteiger partial charge in [-0.25, -0.2) is 9.97 Å². The quantitative estimate of drug-likeness (QED) is 0.782. The van der Waals surface area contributed by atoms with Gasteiger partial charge in [0.2, 0.25) is 11.9 Å². The molecule has 1 spiro atoms. The highest BCUT2D eigenvalue weighted by Gasteiger charge is 2.42. The van der Waals surface area contributed by atoms with Crippen LogP contribution in [0, 0.1) is 0 Å². The van der Waals surface area contributed by atoms with Crippen LogP contribution in [0.2, 0.25) is 0 Å². The highest BCUT2D eigenvalue weighted by atomic mass is 16.5. The van der Waals surface area contributed by atoms with Gasteiger partial charge in [0.25, 0.3) is 0 Å². The highest BCUT2D eigenvalue weighted by Crippen LogP contribution is 2.32. The van der Waals surface area contributed by atoms with Crippen molar-refractivity contribution in [2.75, 3.05) is 65.3 Å². The molecule has 3 rings (SSSR count). The van der Waals surface area contributed by atoms with Gasteiger partial charge < -0.3 is 15.0 Å². The zero-order valence-electron chi connectivity index (χ0n) is 16.8. The standard InChI is InChI=1S/C19H32N6O2/c1-4-20-18-21-11-16(12-22-18)13-24-10-9-23(2)19(15-24)5-7-25(8-6-19)17(26)14-27-3/h11-12H,4-10,13-15H2,1-3H3,(H,20,21,22). The predicted octanol–water partition coefficient (Wildman–Crippen LogP) is 0.663. The van der Waals surface area contributed by atoms with Crippen molar-refractivity contribution in [2.24, 2.45) is 0 Å². The average Bonchev–Trinajstić information content (AvgIpc) is 2.67. The molecular formula is C19H32N6O2. The Labute approximate surface area is 161 Å². The number of hydrogen-bond acceptors (Lipinski definition) is 7. The molecule has 0 saturated carbocycles. The van der Waals surface area contributed by atoms with E-state index >= 15 is 0 Å². The molecule has 1 amide bonds. The summed E-state index contributed by atoms with van der Waals surface area (Å²) in [7, 11) is 3.79. The molecule has 2 aliphatic rings. The van der Waals surface area contributed by atoms with E-state index in [1.54, 1.807) is 7.11 Å². The fourth-order valence-corrected chi connectivity index (χ4v) is 4.15. The van der Waals surface area contributed by atoms with Gasteiger partial charge in [-0.2, -0.15) is 0 Å². The summed E-state index contributed by atoms with van der Waals surface area (Å²) in [4.78, 5) is 27.8. The first-order chi connectivity index (χ1) is 13.1. The summed E-state index contributed by atoms with van der Waals surface area (Å²) in [5.41, 5.74) is 1.29. The largest absolute Gasteiger partial charge is 0.375 e. The number of likely N-dealkylation sites (N-methyl/N-ethyl adjacent to an activating group) is 1. The van der Waals surface area contributed by atoms with Crippen LogP contribution in [0.3, 0.4) is 0 Å². The Morgan fingerprint density at radius 3 is 2.56 bits per heavy atom. The van der Waals surface area contributed by atoms with E-state index in [-0.39, 0.29) is 18.1 Å². The fourth-order valence-electron chi connectivity index (χ4n) is 4.15. The number of piperidine rings is 1. The number of carbonyl (C=O) groups is 1. The van der Waals surface area contributed by atoms with Crippen LogP contribution >= 0.6 is 0 Å². The normalized spacial score (nSPS) is 20.8. The Balaban J connectivity index is 1.58. The number of ether oxygens (including phenoxy) is 1. The van der Waals surface area contributed by atoms with Crippen LogP contribution in [0.4, 0.5) is 5.95 Å². The molecule has 2 saturated heterocycles. The summed E-state index contributed by atoms with van der Waals surface area (Å²) in [6, 6.07) is 0. The number of nitrogens with one attached hydrogen (secondary N) is 1. The number of carbonyl (C=O) groups excluding carboxylic acids is 1. The Kier molecular flexibility index (Phi) is 6.62. The van der Waals surface area contributed by atoms with Crippen molar-refractivity contribution >= 4 is 11.9 Å². The lowest BCUT2D eigenvalue weighted by atomic mass is 9.83. The first kappa shape index (κ1) is 20.0. The van der Waals surface area contributed by atoms with Crippen LogP contribution in [-0.4, -0.2) is 96.1 Å². The number of amides is 1. The summed E-state index contributed by atoms with van der Waals surface area (Å²) in [5.74, 6) is 0.782. The van der Waals surface area contributed by atoms with Crippen molar-refractivity contribution < 1.29 is 9.53 Å². The molecule has 0 atom stereocenters. The molecule has 0 aromatic carbocycles. The van der Waals surface area contributed by atoms with Gasteiger partial charge in [-0.05, 0) is 26.8 Å². The first-order valence-electron chi connectivity index (χ1n) is 9.81. The van der Waals surface area contributed by atoms with E-state index in [1.807, 2.05) is 24.2 Å². The lowest BCUT2D eigenvalue weighted by Gasteiger charge is -2.53.